The van der Waals surface area contributed by atoms with Crippen molar-refractivity contribution in [1.29, 1.82) is 0 Å². The summed E-state index contributed by atoms with van der Waals surface area (Å²) in [6.45, 7) is 3.94. The summed E-state index contributed by atoms with van der Waals surface area (Å²) < 4.78 is 10.8. The first-order valence-electron chi connectivity index (χ1n) is 6.39. The van der Waals surface area contributed by atoms with Crippen LogP contribution >= 0.6 is 0 Å². The van der Waals surface area contributed by atoms with Crippen LogP contribution in [0.4, 0.5) is 5.69 Å². The van der Waals surface area contributed by atoms with Crippen LogP contribution < -0.4 is 15.8 Å². The number of benzene rings is 1. The molecule has 2 aromatic rings. The second-order valence-corrected chi connectivity index (χ2v) is 4.58. The molecule has 0 aliphatic heterocycles. The highest BCUT2D eigenvalue weighted by Gasteiger charge is 2.15. The highest BCUT2D eigenvalue weighted by molar-refractivity contribution is 5.80. The number of ether oxygens (including phenoxy) is 1. The molecule has 1 atom stereocenters. The number of nitrogen functional groups attached to an aromatic ring is 1. The monoisotopic (exact) mass is 274 g/mol. The smallest absolute Gasteiger partial charge is 0.261 e. The van der Waals surface area contributed by atoms with Crippen molar-refractivity contribution in [3.63, 3.8) is 0 Å². The molecule has 1 aromatic heterocycles. The molecule has 0 saturated carbocycles. The van der Waals surface area contributed by atoms with Gasteiger partial charge < -0.3 is 20.2 Å². The lowest BCUT2D eigenvalue weighted by Crippen LogP contribution is -2.35. The van der Waals surface area contributed by atoms with E-state index in [1.807, 2.05) is 13.0 Å². The number of furan rings is 1. The Morgan fingerprint density at radius 3 is 2.90 bits per heavy atom. The Labute approximate surface area is 117 Å². The third-order valence-electron chi connectivity index (χ3n) is 2.89. The van der Waals surface area contributed by atoms with E-state index in [4.69, 9.17) is 14.9 Å². The average Bonchev–Trinajstić information content (AvgIpc) is 2.92. The Kier molecular flexibility index (Phi) is 4.30. The summed E-state index contributed by atoms with van der Waals surface area (Å²) in [6.07, 6.45) is 0.978. The minimum Gasteiger partial charge on any atom is -0.481 e. The van der Waals surface area contributed by atoms with Crippen LogP contribution in [0.15, 0.2) is 41.0 Å². The standard InChI is InChI=1S/C15H18N2O3/c1-10-8-12(16)5-6-14(10)20-11(2)15(18)17-9-13-4-3-7-19-13/h3-8,11H,9,16H2,1-2H3,(H,17,18). The molecule has 3 N–H and O–H groups in total. The zero-order valence-electron chi connectivity index (χ0n) is 11.6. The third kappa shape index (κ3) is 3.54. The number of nitrogens with two attached hydrogens (primary N) is 1. The van der Waals surface area contributed by atoms with Crippen LogP contribution in [0, 0.1) is 6.92 Å². The van der Waals surface area contributed by atoms with Gasteiger partial charge in [0, 0.05) is 5.69 Å². The Morgan fingerprint density at radius 2 is 2.25 bits per heavy atom. The number of hydrogen-bond acceptors (Lipinski definition) is 4. The van der Waals surface area contributed by atoms with E-state index in [0.717, 1.165) is 5.56 Å². The fraction of sp³-hybridized carbons (Fsp3) is 0.267. The van der Waals surface area contributed by atoms with Crippen molar-refractivity contribution in [2.45, 2.75) is 26.5 Å². The molecular formula is C15H18N2O3. The number of nitrogens with one attached hydrogen (secondary N) is 1. The second-order valence-electron chi connectivity index (χ2n) is 4.58. The molecule has 0 bridgehead atoms. The molecular weight excluding hydrogens is 256 g/mol. The molecule has 1 heterocycles. The molecule has 0 fully saturated rings. The maximum atomic E-state index is 11.9. The van der Waals surface area contributed by atoms with Crippen LogP contribution in [0.5, 0.6) is 5.75 Å². The summed E-state index contributed by atoms with van der Waals surface area (Å²) in [5.41, 5.74) is 7.24. The topological polar surface area (TPSA) is 77.5 Å². The van der Waals surface area contributed by atoms with Crippen molar-refractivity contribution in [2.24, 2.45) is 0 Å². The molecule has 5 nitrogen and oxygen atoms in total. The number of aryl methyl sites for hydroxylation is 1. The summed E-state index contributed by atoms with van der Waals surface area (Å²) in [6, 6.07) is 8.90. The van der Waals surface area contributed by atoms with Gasteiger partial charge in [0.05, 0.1) is 12.8 Å². The van der Waals surface area contributed by atoms with Gasteiger partial charge in [0.1, 0.15) is 11.5 Å². The van der Waals surface area contributed by atoms with E-state index in [2.05, 4.69) is 5.32 Å². The van der Waals surface area contributed by atoms with Crippen LogP contribution in [-0.2, 0) is 11.3 Å². The van der Waals surface area contributed by atoms with Gasteiger partial charge in [-0.25, -0.2) is 0 Å². The lowest BCUT2D eigenvalue weighted by atomic mass is 10.2. The largest absolute Gasteiger partial charge is 0.481 e. The lowest BCUT2D eigenvalue weighted by Gasteiger charge is -2.16. The summed E-state index contributed by atoms with van der Waals surface area (Å²) >= 11 is 0. The Bertz CT molecular complexity index is 579. The fourth-order valence-electron chi connectivity index (χ4n) is 1.78. The number of carbonyl (C=O) groups excluding carboxylic acids is 1. The summed E-state index contributed by atoms with van der Waals surface area (Å²) in [7, 11) is 0. The number of hydrogen-bond donors (Lipinski definition) is 2. The van der Waals surface area contributed by atoms with Gasteiger partial charge in [-0.05, 0) is 49.7 Å². The van der Waals surface area contributed by atoms with E-state index in [1.54, 1.807) is 37.5 Å². The molecule has 0 saturated heterocycles. The molecule has 1 unspecified atom stereocenters. The highest BCUT2D eigenvalue weighted by Crippen LogP contribution is 2.21. The van der Waals surface area contributed by atoms with Gasteiger partial charge in [-0.15, -0.1) is 0 Å². The van der Waals surface area contributed by atoms with Crippen LogP contribution in [0.1, 0.15) is 18.2 Å². The van der Waals surface area contributed by atoms with Gasteiger partial charge >= 0.3 is 0 Å². The average molecular weight is 274 g/mol. The van der Waals surface area contributed by atoms with Crippen molar-refractivity contribution in [3.8, 4) is 5.75 Å². The summed E-state index contributed by atoms with van der Waals surface area (Å²) in [5.74, 6) is 1.16. The predicted octanol–water partition coefficient (Wildman–Crippen LogP) is 2.25. The number of anilines is 1. The Balaban J connectivity index is 1.90. The SMILES string of the molecule is Cc1cc(N)ccc1OC(C)C(=O)NCc1ccco1. The first kappa shape index (κ1) is 14.0. The van der Waals surface area contributed by atoms with Crippen molar-refractivity contribution in [3.05, 3.63) is 47.9 Å². The van der Waals surface area contributed by atoms with Gasteiger partial charge in [-0.1, -0.05) is 0 Å². The van der Waals surface area contributed by atoms with Gasteiger partial charge in [0.25, 0.3) is 5.91 Å². The molecule has 0 aliphatic rings. The maximum absolute atomic E-state index is 11.9. The minimum absolute atomic E-state index is 0.197. The van der Waals surface area contributed by atoms with Gasteiger partial charge in [0.15, 0.2) is 6.10 Å². The lowest BCUT2D eigenvalue weighted by molar-refractivity contribution is -0.127. The maximum Gasteiger partial charge on any atom is 0.261 e. The van der Waals surface area contributed by atoms with E-state index in [-0.39, 0.29) is 5.91 Å². The van der Waals surface area contributed by atoms with E-state index in [9.17, 15) is 4.79 Å². The molecule has 5 heteroatoms. The number of rotatable bonds is 5. The van der Waals surface area contributed by atoms with Gasteiger partial charge in [0.2, 0.25) is 0 Å². The van der Waals surface area contributed by atoms with E-state index >= 15 is 0 Å². The minimum atomic E-state index is -0.590. The molecule has 20 heavy (non-hydrogen) atoms. The first-order valence-corrected chi connectivity index (χ1v) is 6.39. The normalized spacial score (nSPS) is 11.9. The van der Waals surface area contributed by atoms with Crippen LogP contribution in [-0.4, -0.2) is 12.0 Å². The van der Waals surface area contributed by atoms with Crippen LogP contribution in [0.2, 0.25) is 0 Å². The van der Waals surface area contributed by atoms with E-state index in [0.29, 0.717) is 23.7 Å². The molecule has 2 rings (SSSR count). The van der Waals surface area contributed by atoms with E-state index < -0.39 is 6.10 Å². The molecule has 1 amide bonds. The van der Waals surface area contributed by atoms with Gasteiger partial charge in [-0.3, -0.25) is 4.79 Å². The molecule has 106 valence electrons. The second kappa shape index (κ2) is 6.14. The molecule has 1 aromatic carbocycles. The zero-order chi connectivity index (χ0) is 14.5. The molecule has 0 radical (unpaired) electrons. The third-order valence-corrected chi connectivity index (χ3v) is 2.89. The summed E-state index contributed by atoms with van der Waals surface area (Å²) in [5, 5.41) is 2.75. The van der Waals surface area contributed by atoms with Crippen molar-refractivity contribution in [1.82, 2.24) is 5.32 Å². The van der Waals surface area contributed by atoms with Crippen molar-refractivity contribution < 1.29 is 13.9 Å². The quantitative estimate of drug-likeness (QED) is 0.820. The predicted molar refractivity (Wildman–Crippen MR) is 76.2 cm³/mol. The first-order chi connectivity index (χ1) is 9.56. The molecule has 0 spiro atoms. The Morgan fingerprint density at radius 1 is 1.45 bits per heavy atom. The van der Waals surface area contributed by atoms with Crippen molar-refractivity contribution in [2.75, 3.05) is 5.73 Å². The summed E-state index contributed by atoms with van der Waals surface area (Å²) in [4.78, 5) is 11.9. The van der Waals surface area contributed by atoms with Crippen molar-refractivity contribution >= 4 is 11.6 Å². The van der Waals surface area contributed by atoms with Gasteiger partial charge in [-0.2, -0.15) is 0 Å². The number of amides is 1. The van der Waals surface area contributed by atoms with Crippen LogP contribution in [0.3, 0.4) is 0 Å². The zero-order valence-corrected chi connectivity index (χ0v) is 11.6. The van der Waals surface area contributed by atoms with E-state index in [1.165, 1.54) is 0 Å². The fourth-order valence-corrected chi connectivity index (χ4v) is 1.78. The van der Waals surface area contributed by atoms with Crippen LogP contribution in [0.25, 0.3) is 0 Å². The highest BCUT2D eigenvalue weighted by atomic mass is 16.5. The number of carbonyl (C=O) groups is 1. The Hall–Kier alpha value is -2.43. The molecule has 0 aliphatic carbocycles.